The minimum Gasteiger partial charge on any atom is -0.497 e. The van der Waals surface area contributed by atoms with Crippen LogP contribution in [0.15, 0.2) is 30.3 Å². The van der Waals surface area contributed by atoms with Crippen molar-refractivity contribution < 1.29 is 19.1 Å². The van der Waals surface area contributed by atoms with Crippen LogP contribution in [-0.2, 0) is 14.4 Å². The molecule has 3 amide bonds. The lowest BCUT2D eigenvalue weighted by molar-refractivity contribution is -0.125. The molecule has 3 N–H and O–H groups in total. The lowest BCUT2D eigenvalue weighted by Gasteiger charge is -2.32. The summed E-state index contributed by atoms with van der Waals surface area (Å²) < 4.78 is 6.81. The van der Waals surface area contributed by atoms with E-state index >= 15 is 0 Å². The van der Waals surface area contributed by atoms with Crippen LogP contribution in [0.25, 0.3) is 0 Å². The van der Waals surface area contributed by atoms with E-state index in [2.05, 4.69) is 21.0 Å². The second kappa shape index (κ2) is 8.99. The van der Waals surface area contributed by atoms with Gasteiger partial charge in [-0.15, -0.1) is 0 Å². The van der Waals surface area contributed by atoms with Gasteiger partial charge in [0.15, 0.2) is 6.29 Å². The Hall–Kier alpha value is -3.40. The molecule has 2 aliphatic heterocycles. The molecule has 1 aromatic heterocycles. The number of rotatable bonds is 6. The Bertz CT molecular complexity index is 1040. The number of benzene rings is 1. The van der Waals surface area contributed by atoms with Crippen LogP contribution >= 0.6 is 0 Å². The monoisotopic (exact) mass is 440 g/mol. The van der Waals surface area contributed by atoms with Crippen LogP contribution in [0.4, 0.5) is 11.5 Å². The van der Waals surface area contributed by atoms with Crippen molar-refractivity contribution in [2.24, 2.45) is 5.92 Å². The molecule has 4 rings (SSSR count). The van der Waals surface area contributed by atoms with E-state index in [0.29, 0.717) is 29.4 Å². The van der Waals surface area contributed by atoms with E-state index in [1.54, 1.807) is 34.9 Å². The molecule has 2 fully saturated rings. The Balaban J connectivity index is 1.48. The van der Waals surface area contributed by atoms with Crippen molar-refractivity contribution in [1.82, 2.24) is 20.4 Å². The zero-order valence-corrected chi connectivity index (χ0v) is 18.4. The van der Waals surface area contributed by atoms with Crippen molar-refractivity contribution >= 4 is 29.2 Å². The third kappa shape index (κ3) is 4.45. The molecule has 0 radical (unpaired) electrons. The van der Waals surface area contributed by atoms with Crippen molar-refractivity contribution in [2.75, 3.05) is 23.9 Å². The standard InChI is InChI=1S/C22H28N6O4/c1-4-15-10-19(29)25-22(23-15)28-18(8-13(2)26-28)24-21(31)14-9-20(30)27(12-14)16-6-5-7-17(11-16)32-3/h5-8,11,14-15,22-23H,4,9-10,12H2,1-3H3,(H,24,31)(H,25,29). The van der Waals surface area contributed by atoms with Crippen LogP contribution in [-0.4, -0.2) is 47.2 Å². The highest BCUT2D eigenvalue weighted by Gasteiger charge is 2.36. The van der Waals surface area contributed by atoms with Crippen molar-refractivity contribution in [2.45, 2.75) is 45.4 Å². The lowest BCUT2D eigenvalue weighted by Crippen LogP contribution is -2.53. The number of anilines is 2. The molecule has 2 aromatic rings. The number of amides is 3. The predicted molar refractivity (Wildman–Crippen MR) is 118 cm³/mol. The summed E-state index contributed by atoms with van der Waals surface area (Å²) in [7, 11) is 1.57. The zero-order chi connectivity index (χ0) is 22.8. The van der Waals surface area contributed by atoms with E-state index in [-0.39, 0.29) is 36.7 Å². The van der Waals surface area contributed by atoms with E-state index < -0.39 is 12.2 Å². The van der Waals surface area contributed by atoms with Gasteiger partial charge in [0.2, 0.25) is 17.7 Å². The van der Waals surface area contributed by atoms with E-state index in [9.17, 15) is 14.4 Å². The fourth-order valence-corrected chi connectivity index (χ4v) is 4.10. The molecule has 10 nitrogen and oxygen atoms in total. The minimum atomic E-state index is -0.552. The zero-order valence-electron chi connectivity index (χ0n) is 18.4. The van der Waals surface area contributed by atoms with Gasteiger partial charge in [-0.05, 0) is 25.5 Å². The first kappa shape index (κ1) is 21.8. The summed E-state index contributed by atoms with van der Waals surface area (Å²) in [4.78, 5) is 39.3. The molecular formula is C22H28N6O4. The third-order valence-electron chi connectivity index (χ3n) is 5.83. The summed E-state index contributed by atoms with van der Waals surface area (Å²) in [5.74, 6) is 0.162. The number of nitrogens with one attached hydrogen (secondary N) is 3. The number of carbonyl (C=O) groups is 3. The fraction of sp³-hybridized carbons (Fsp3) is 0.455. The molecule has 32 heavy (non-hydrogen) atoms. The highest BCUT2D eigenvalue weighted by Crippen LogP contribution is 2.29. The smallest absolute Gasteiger partial charge is 0.230 e. The Morgan fingerprint density at radius 2 is 2.09 bits per heavy atom. The van der Waals surface area contributed by atoms with E-state index in [4.69, 9.17) is 4.74 Å². The van der Waals surface area contributed by atoms with E-state index in [1.165, 1.54) is 0 Å². The van der Waals surface area contributed by atoms with Crippen LogP contribution in [0, 0.1) is 12.8 Å². The van der Waals surface area contributed by atoms with Gasteiger partial charge in [0.25, 0.3) is 0 Å². The van der Waals surface area contributed by atoms with Gasteiger partial charge in [0, 0.05) is 43.2 Å². The Morgan fingerprint density at radius 1 is 1.28 bits per heavy atom. The van der Waals surface area contributed by atoms with Crippen LogP contribution in [0.3, 0.4) is 0 Å². The molecule has 0 spiro atoms. The summed E-state index contributed by atoms with van der Waals surface area (Å²) in [6.07, 6.45) is 0.769. The van der Waals surface area contributed by atoms with Gasteiger partial charge in [-0.25, -0.2) is 4.68 Å². The fourth-order valence-electron chi connectivity index (χ4n) is 4.10. The molecule has 2 saturated heterocycles. The van der Waals surface area contributed by atoms with E-state index in [0.717, 1.165) is 6.42 Å². The van der Waals surface area contributed by atoms with Crippen LogP contribution < -0.4 is 25.6 Å². The van der Waals surface area contributed by atoms with Crippen molar-refractivity contribution in [1.29, 1.82) is 0 Å². The normalized spacial score (nSPS) is 23.2. The number of ether oxygens (including phenoxy) is 1. The minimum absolute atomic E-state index is 0.0330. The number of methoxy groups -OCH3 is 1. The molecule has 1 aromatic carbocycles. The maximum atomic E-state index is 13.0. The molecule has 0 saturated carbocycles. The van der Waals surface area contributed by atoms with Crippen molar-refractivity contribution in [3.05, 3.63) is 36.0 Å². The Labute approximate surface area is 186 Å². The van der Waals surface area contributed by atoms with E-state index in [1.807, 2.05) is 26.0 Å². The molecular weight excluding hydrogens is 412 g/mol. The lowest BCUT2D eigenvalue weighted by atomic mass is 10.1. The molecule has 2 aliphatic rings. The SMILES string of the molecule is CCC1CC(=O)NC(n2nc(C)cc2NC(=O)C2CC(=O)N(c3cccc(OC)c3)C2)N1. The number of carbonyl (C=O) groups excluding carboxylic acids is 3. The molecule has 10 heteroatoms. The highest BCUT2D eigenvalue weighted by molar-refractivity contribution is 6.03. The van der Waals surface area contributed by atoms with Gasteiger partial charge in [-0.1, -0.05) is 13.0 Å². The molecule has 0 aliphatic carbocycles. The Kier molecular flexibility index (Phi) is 6.13. The quantitative estimate of drug-likeness (QED) is 0.627. The summed E-state index contributed by atoms with van der Waals surface area (Å²) >= 11 is 0. The third-order valence-corrected chi connectivity index (χ3v) is 5.83. The number of aromatic nitrogens is 2. The summed E-state index contributed by atoms with van der Waals surface area (Å²) in [6, 6.07) is 8.99. The van der Waals surface area contributed by atoms with Gasteiger partial charge < -0.3 is 20.3 Å². The van der Waals surface area contributed by atoms with Gasteiger partial charge >= 0.3 is 0 Å². The topological polar surface area (TPSA) is 118 Å². The average Bonchev–Trinajstić information content (AvgIpc) is 3.35. The van der Waals surface area contributed by atoms with Crippen LogP contribution in [0.1, 0.15) is 38.2 Å². The maximum Gasteiger partial charge on any atom is 0.230 e. The first-order chi connectivity index (χ1) is 15.4. The first-order valence-electron chi connectivity index (χ1n) is 10.7. The van der Waals surface area contributed by atoms with Crippen molar-refractivity contribution in [3.63, 3.8) is 0 Å². The summed E-state index contributed by atoms with van der Waals surface area (Å²) in [5, 5.41) is 13.5. The molecule has 170 valence electrons. The molecule has 3 heterocycles. The van der Waals surface area contributed by atoms with Gasteiger partial charge in [0.05, 0.1) is 18.7 Å². The number of hydrogen-bond donors (Lipinski definition) is 3. The number of nitrogens with zero attached hydrogens (tertiary/aromatic N) is 3. The van der Waals surface area contributed by atoms with Crippen LogP contribution in [0.5, 0.6) is 5.75 Å². The highest BCUT2D eigenvalue weighted by atomic mass is 16.5. The van der Waals surface area contributed by atoms with Gasteiger partial charge in [0.1, 0.15) is 11.6 Å². The van der Waals surface area contributed by atoms with Gasteiger partial charge in [-0.3, -0.25) is 19.7 Å². The number of aryl methyl sites for hydroxylation is 1. The maximum absolute atomic E-state index is 13.0. The van der Waals surface area contributed by atoms with Crippen LogP contribution in [0.2, 0.25) is 0 Å². The van der Waals surface area contributed by atoms with Crippen molar-refractivity contribution in [3.8, 4) is 5.75 Å². The second-order valence-corrected chi connectivity index (χ2v) is 8.16. The first-order valence-corrected chi connectivity index (χ1v) is 10.7. The second-order valence-electron chi connectivity index (χ2n) is 8.16. The largest absolute Gasteiger partial charge is 0.497 e. The molecule has 0 bridgehead atoms. The molecule has 3 atom stereocenters. The summed E-state index contributed by atoms with van der Waals surface area (Å²) in [5.41, 5.74) is 1.40. The average molecular weight is 441 g/mol. The molecule has 3 unspecified atom stereocenters. The number of hydrogen-bond acceptors (Lipinski definition) is 6. The summed E-state index contributed by atoms with van der Waals surface area (Å²) in [6.45, 7) is 4.11. The predicted octanol–water partition coefficient (Wildman–Crippen LogP) is 1.54. The Morgan fingerprint density at radius 3 is 2.84 bits per heavy atom. The van der Waals surface area contributed by atoms with Gasteiger partial charge in [-0.2, -0.15) is 5.10 Å².